The standard InChI is InChI=1S/C16H23NO4/c1-20-16(19)13-5-7-15(8-6-13)21-12-14(18)11-17-9-3-2-4-10-17/h5-8,14,18H,2-4,9-12H2,1H3. The number of rotatable bonds is 6. The maximum Gasteiger partial charge on any atom is 0.337 e. The predicted octanol–water partition coefficient (Wildman–Crippen LogP) is 1.70. The molecule has 1 heterocycles. The van der Waals surface area contributed by atoms with Crippen LogP contribution in [0.3, 0.4) is 0 Å². The van der Waals surface area contributed by atoms with Crippen LogP contribution in [-0.4, -0.2) is 55.4 Å². The van der Waals surface area contributed by atoms with Crippen LogP contribution in [0.25, 0.3) is 0 Å². The van der Waals surface area contributed by atoms with Gasteiger partial charge in [-0.2, -0.15) is 0 Å². The molecule has 2 rings (SSSR count). The molecule has 116 valence electrons. The maximum absolute atomic E-state index is 11.3. The van der Waals surface area contributed by atoms with Crippen molar-refractivity contribution >= 4 is 5.97 Å². The van der Waals surface area contributed by atoms with E-state index in [1.54, 1.807) is 24.3 Å². The van der Waals surface area contributed by atoms with Gasteiger partial charge in [0, 0.05) is 6.54 Å². The van der Waals surface area contributed by atoms with Crippen molar-refractivity contribution in [1.29, 1.82) is 0 Å². The molecule has 21 heavy (non-hydrogen) atoms. The topological polar surface area (TPSA) is 59.0 Å². The van der Waals surface area contributed by atoms with Gasteiger partial charge in [-0.1, -0.05) is 6.42 Å². The van der Waals surface area contributed by atoms with Crippen molar-refractivity contribution in [2.24, 2.45) is 0 Å². The van der Waals surface area contributed by atoms with Gasteiger partial charge in [-0.15, -0.1) is 0 Å². The number of benzene rings is 1. The minimum atomic E-state index is -0.497. The highest BCUT2D eigenvalue weighted by Gasteiger charge is 2.15. The van der Waals surface area contributed by atoms with E-state index in [0.29, 0.717) is 17.9 Å². The molecule has 1 unspecified atom stereocenters. The lowest BCUT2D eigenvalue weighted by molar-refractivity contribution is 0.0596. The summed E-state index contributed by atoms with van der Waals surface area (Å²) < 4.78 is 10.2. The molecule has 0 amide bonds. The first-order valence-corrected chi connectivity index (χ1v) is 7.40. The highest BCUT2D eigenvalue weighted by Crippen LogP contribution is 2.14. The zero-order chi connectivity index (χ0) is 15.1. The Kier molecular flexibility index (Phi) is 6.02. The highest BCUT2D eigenvalue weighted by atomic mass is 16.5. The number of aliphatic hydroxyl groups excluding tert-OH is 1. The van der Waals surface area contributed by atoms with E-state index in [1.807, 2.05) is 0 Å². The summed E-state index contributed by atoms with van der Waals surface area (Å²) in [6.07, 6.45) is 3.21. The minimum Gasteiger partial charge on any atom is -0.491 e. The summed E-state index contributed by atoms with van der Waals surface area (Å²) in [6.45, 7) is 3.03. The van der Waals surface area contributed by atoms with E-state index >= 15 is 0 Å². The molecule has 0 aromatic heterocycles. The second kappa shape index (κ2) is 8.00. The maximum atomic E-state index is 11.3. The summed E-state index contributed by atoms with van der Waals surface area (Å²) in [4.78, 5) is 13.6. The van der Waals surface area contributed by atoms with E-state index in [1.165, 1.54) is 26.4 Å². The lowest BCUT2D eigenvalue weighted by Gasteiger charge is -2.28. The number of nitrogens with zero attached hydrogens (tertiary/aromatic N) is 1. The lowest BCUT2D eigenvalue weighted by atomic mass is 10.1. The lowest BCUT2D eigenvalue weighted by Crippen LogP contribution is -2.38. The monoisotopic (exact) mass is 293 g/mol. The number of likely N-dealkylation sites (tertiary alicyclic amines) is 1. The highest BCUT2D eigenvalue weighted by molar-refractivity contribution is 5.89. The number of hydrogen-bond donors (Lipinski definition) is 1. The minimum absolute atomic E-state index is 0.258. The first-order chi connectivity index (χ1) is 10.2. The van der Waals surface area contributed by atoms with Gasteiger partial charge >= 0.3 is 5.97 Å². The number of methoxy groups -OCH3 is 1. The number of carbonyl (C=O) groups excluding carboxylic acids is 1. The first-order valence-electron chi connectivity index (χ1n) is 7.40. The third kappa shape index (κ3) is 5.02. The molecule has 1 aromatic carbocycles. The van der Waals surface area contributed by atoms with Crippen LogP contribution in [0.5, 0.6) is 5.75 Å². The Morgan fingerprint density at radius 1 is 1.24 bits per heavy atom. The van der Waals surface area contributed by atoms with E-state index in [0.717, 1.165) is 13.1 Å². The van der Waals surface area contributed by atoms with Gasteiger partial charge in [0.1, 0.15) is 18.5 Å². The number of hydrogen-bond acceptors (Lipinski definition) is 5. The summed E-state index contributed by atoms with van der Waals surface area (Å²) in [6, 6.07) is 6.72. The Morgan fingerprint density at radius 2 is 1.90 bits per heavy atom. The normalized spacial score (nSPS) is 17.2. The van der Waals surface area contributed by atoms with Crippen LogP contribution >= 0.6 is 0 Å². The largest absolute Gasteiger partial charge is 0.491 e. The summed E-state index contributed by atoms with van der Waals surface area (Å²) in [7, 11) is 1.35. The molecule has 0 saturated carbocycles. The zero-order valence-corrected chi connectivity index (χ0v) is 12.5. The molecule has 1 N–H and O–H groups in total. The van der Waals surface area contributed by atoms with Crippen molar-refractivity contribution in [3.63, 3.8) is 0 Å². The molecule has 0 aliphatic carbocycles. The number of carbonyl (C=O) groups is 1. The molecule has 0 bridgehead atoms. The third-order valence-electron chi connectivity index (χ3n) is 3.64. The molecule has 1 atom stereocenters. The van der Waals surface area contributed by atoms with E-state index in [9.17, 15) is 9.90 Å². The summed E-state index contributed by atoms with van der Waals surface area (Å²) in [5, 5.41) is 10.0. The Bertz CT molecular complexity index is 440. The number of β-amino-alcohol motifs (C(OH)–C–C–N with tert-alkyl or cyclic N) is 1. The van der Waals surface area contributed by atoms with Crippen LogP contribution in [0.1, 0.15) is 29.6 Å². The Hall–Kier alpha value is -1.59. The van der Waals surface area contributed by atoms with Crippen LogP contribution in [-0.2, 0) is 4.74 Å². The molecule has 5 nitrogen and oxygen atoms in total. The quantitative estimate of drug-likeness (QED) is 0.809. The molecule has 0 spiro atoms. The fraction of sp³-hybridized carbons (Fsp3) is 0.562. The molecule has 1 fully saturated rings. The Labute approximate surface area is 125 Å². The molecule has 0 radical (unpaired) electrons. The zero-order valence-electron chi connectivity index (χ0n) is 12.5. The van der Waals surface area contributed by atoms with E-state index in [-0.39, 0.29) is 12.6 Å². The number of aliphatic hydroxyl groups is 1. The van der Waals surface area contributed by atoms with Crippen LogP contribution in [0.4, 0.5) is 0 Å². The van der Waals surface area contributed by atoms with Crippen LogP contribution in [0.15, 0.2) is 24.3 Å². The molecule has 1 aromatic rings. The average molecular weight is 293 g/mol. The van der Waals surface area contributed by atoms with Gasteiger partial charge in [-0.3, -0.25) is 0 Å². The van der Waals surface area contributed by atoms with Gasteiger partial charge in [-0.05, 0) is 50.2 Å². The van der Waals surface area contributed by atoms with Crippen molar-refractivity contribution in [1.82, 2.24) is 4.90 Å². The average Bonchev–Trinajstić information content (AvgIpc) is 2.53. The second-order valence-corrected chi connectivity index (χ2v) is 5.34. The van der Waals surface area contributed by atoms with Crippen molar-refractivity contribution in [2.75, 3.05) is 33.4 Å². The fourth-order valence-electron chi connectivity index (χ4n) is 2.49. The molecular formula is C16H23NO4. The van der Waals surface area contributed by atoms with E-state index < -0.39 is 6.10 Å². The predicted molar refractivity (Wildman–Crippen MR) is 79.6 cm³/mol. The van der Waals surface area contributed by atoms with Crippen LogP contribution < -0.4 is 4.74 Å². The van der Waals surface area contributed by atoms with Gasteiger partial charge in [0.2, 0.25) is 0 Å². The third-order valence-corrected chi connectivity index (χ3v) is 3.64. The van der Waals surface area contributed by atoms with Crippen molar-refractivity contribution in [2.45, 2.75) is 25.4 Å². The molecular weight excluding hydrogens is 270 g/mol. The molecule has 1 saturated heterocycles. The van der Waals surface area contributed by atoms with Crippen molar-refractivity contribution < 1.29 is 19.4 Å². The summed E-state index contributed by atoms with van der Waals surface area (Å²) >= 11 is 0. The molecule has 5 heteroatoms. The molecule has 1 aliphatic heterocycles. The summed E-state index contributed by atoms with van der Waals surface area (Å²) in [5.41, 5.74) is 0.485. The molecule has 1 aliphatic rings. The number of piperidine rings is 1. The number of esters is 1. The van der Waals surface area contributed by atoms with Gasteiger partial charge in [0.15, 0.2) is 0 Å². The van der Waals surface area contributed by atoms with Gasteiger partial charge in [-0.25, -0.2) is 4.79 Å². The van der Waals surface area contributed by atoms with Gasteiger partial charge in [0.05, 0.1) is 12.7 Å². The Balaban J connectivity index is 1.75. The van der Waals surface area contributed by atoms with Crippen molar-refractivity contribution in [3.05, 3.63) is 29.8 Å². The first kappa shape index (κ1) is 15.8. The second-order valence-electron chi connectivity index (χ2n) is 5.34. The van der Waals surface area contributed by atoms with Crippen LogP contribution in [0, 0.1) is 0 Å². The van der Waals surface area contributed by atoms with Crippen molar-refractivity contribution in [3.8, 4) is 5.75 Å². The van der Waals surface area contributed by atoms with E-state index in [4.69, 9.17) is 4.74 Å². The van der Waals surface area contributed by atoms with Crippen LogP contribution in [0.2, 0.25) is 0 Å². The summed E-state index contributed by atoms with van der Waals surface area (Å²) in [5.74, 6) is 0.270. The smallest absolute Gasteiger partial charge is 0.337 e. The number of ether oxygens (including phenoxy) is 2. The SMILES string of the molecule is COC(=O)c1ccc(OCC(O)CN2CCCCC2)cc1. The van der Waals surface area contributed by atoms with Gasteiger partial charge in [0.25, 0.3) is 0 Å². The fourth-order valence-corrected chi connectivity index (χ4v) is 2.49. The van der Waals surface area contributed by atoms with E-state index in [2.05, 4.69) is 9.64 Å². The van der Waals surface area contributed by atoms with Gasteiger partial charge < -0.3 is 19.5 Å². The Morgan fingerprint density at radius 3 is 2.52 bits per heavy atom.